The van der Waals surface area contributed by atoms with Crippen molar-refractivity contribution in [2.45, 2.75) is 46.6 Å². The van der Waals surface area contributed by atoms with E-state index in [1.54, 1.807) is 0 Å². The van der Waals surface area contributed by atoms with E-state index in [0.717, 1.165) is 37.3 Å². The van der Waals surface area contributed by atoms with Gasteiger partial charge in [0, 0.05) is 5.39 Å². The highest BCUT2D eigenvalue weighted by molar-refractivity contribution is 5.82. The lowest BCUT2D eigenvalue weighted by molar-refractivity contribution is 0.510. The molecule has 0 atom stereocenters. The van der Waals surface area contributed by atoms with E-state index in [4.69, 9.17) is 4.42 Å². The van der Waals surface area contributed by atoms with Crippen LogP contribution in [0.1, 0.15) is 43.6 Å². The molecule has 0 aliphatic carbocycles. The summed E-state index contributed by atoms with van der Waals surface area (Å²) < 4.78 is 5.92. The first kappa shape index (κ1) is 13.2. The van der Waals surface area contributed by atoms with Crippen molar-refractivity contribution in [3.05, 3.63) is 35.1 Å². The van der Waals surface area contributed by atoms with E-state index in [1.165, 1.54) is 22.9 Å². The van der Waals surface area contributed by atoms with Crippen LogP contribution in [0.15, 0.2) is 22.6 Å². The molecule has 2 rings (SSSR count). The van der Waals surface area contributed by atoms with Crippen molar-refractivity contribution >= 4 is 11.0 Å². The van der Waals surface area contributed by atoms with Gasteiger partial charge < -0.3 is 9.73 Å². The molecule has 2 heteroatoms. The number of furan rings is 1. The molecule has 0 aliphatic rings. The van der Waals surface area contributed by atoms with Crippen molar-refractivity contribution in [2.75, 3.05) is 6.54 Å². The number of hydrogen-bond acceptors (Lipinski definition) is 2. The van der Waals surface area contributed by atoms with E-state index < -0.39 is 0 Å². The van der Waals surface area contributed by atoms with Crippen LogP contribution < -0.4 is 5.32 Å². The Hall–Kier alpha value is -1.28. The van der Waals surface area contributed by atoms with Crippen LogP contribution in [0.2, 0.25) is 0 Å². The first-order valence-corrected chi connectivity index (χ1v) is 6.97. The molecule has 0 spiro atoms. The molecule has 0 fully saturated rings. The van der Waals surface area contributed by atoms with Crippen molar-refractivity contribution in [3.8, 4) is 0 Å². The average molecular weight is 245 g/mol. The Kier molecular flexibility index (Phi) is 4.43. The zero-order chi connectivity index (χ0) is 13.0. The fraction of sp³-hybridized carbons (Fsp3) is 0.500. The minimum absolute atomic E-state index is 0.831. The zero-order valence-electron chi connectivity index (χ0n) is 11.7. The molecule has 2 nitrogen and oxygen atoms in total. The molecular weight excluding hydrogens is 222 g/mol. The Morgan fingerprint density at radius 2 is 2.00 bits per heavy atom. The van der Waals surface area contributed by atoms with Crippen molar-refractivity contribution in [2.24, 2.45) is 0 Å². The van der Waals surface area contributed by atoms with E-state index in [-0.39, 0.29) is 0 Å². The fourth-order valence-corrected chi connectivity index (χ4v) is 2.31. The second-order valence-corrected chi connectivity index (χ2v) is 4.91. The molecular formula is C16H23NO. The van der Waals surface area contributed by atoms with Gasteiger partial charge in [0.15, 0.2) is 0 Å². The predicted octanol–water partition coefficient (Wildman–Crippen LogP) is 4.19. The summed E-state index contributed by atoms with van der Waals surface area (Å²) in [5, 5.41) is 4.67. The van der Waals surface area contributed by atoms with Gasteiger partial charge in [0.2, 0.25) is 0 Å². The van der Waals surface area contributed by atoms with Crippen LogP contribution in [0.25, 0.3) is 11.0 Å². The van der Waals surface area contributed by atoms with Crippen LogP contribution in [0, 0.1) is 6.92 Å². The molecule has 18 heavy (non-hydrogen) atoms. The lowest BCUT2D eigenvalue weighted by Crippen LogP contribution is -2.13. The highest BCUT2D eigenvalue weighted by atomic mass is 16.3. The van der Waals surface area contributed by atoms with Crippen molar-refractivity contribution < 1.29 is 4.42 Å². The Balaban J connectivity index is 2.25. The first-order chi connectivity index (χ1) is 8.76. The molecule has 0 unspecified atom stereocenters. The molecule has 0 aliphatic heterocycles. The normalized spacial score (nSPS) is 11.3. The Morgan fingerprint density at radius 1 is 1.17 bits per heavy atom. The quantitative estimate of drug-likeness (QED) is 0.772. The summed E-state index contributed by atoms with van der Waals surface area (Å²) in [6, 6.07) is 6.57. The van der Waals surface area contributed by atoms with Crippen LogP contribution in [-0.4, -0.2) is 6.54 Å². The van der Waals surface area contributed by atoms with Gasteiger partial charge in [-0.3, -0.25) is 0 Å². The Morgan fingerprint density at radius 3 is 2.72 bits per heavy atom. The molecule has 0 bridgehead atoms. The molecule has 0 saturated heterocycles. The number of rotatable bonds is 6. The summed E-state index contributed by atoms with van der Waals surface area (Å²) in [7, 11) is 0. The van der Waals surface area contributed by atoms with Gasteiger partial charge in [-0.1, -0.05) is 26.3 Å². The van der Waals surface area contributed by atoms with E-state index in [0.29, 0.717) is 0 Å². The Bertz CT molecular complexity index is 513. The van der Waals surface area contributed by atoms with Gasteiger partial charge in [0.25, 0.3) is 0 Å². The molecule has 98 valence electrons. The minimum Gasteiger partial charge on any atom is -0.459 e. The summed E-state index contributed by atoms with van der Waals surface area (Å²) in [6.45, 7) is 8.42. The topological polar surface area (TPSA) is 25.2 Å². The third-order valence-corrected chi connectivity index (χ3v) is 3.35. The molecule has 1 N–H and O–H groups in total. The standard InChI is InChI=1S/C16H23NO/c1-4-6-13-7-8-15-14(10-13)12(3)16(18-15)11-17-9-5-2/h7-8,10,17H,4-6,9,11H2,1-3H3. The second-order valence-electron chi connectivity index (χ2n) is 4.91. The van der Waals surface area contributed by atoms with Gasteiger partial charge in [-0.25, -0.2) is 0 Å². The van der Waals surface area contributed by atoms with E-state index in [1.807, 2.05) is 0 Å². The molecule has 0 saturated carbocycles. The minimum atomic E-state index is 0.831. The number of benzene rings is 1. The van der Waals surface area contributed by atoms with Crippen molar-refractivity contribution in [1.82, 2.24) is 5.32 Å². The first-order valence-electron chi connectivity index (χ1n) is 6.97. The smallest absolute Gasteiger partial charge is 0.134 e. The summed E-state index contributed by atoms with van der Waals surface area (Å²) in [6.07, 6.45) is 3.48. The maximum Gasteiger partial charge on any atom is 0.134 e. The summed E-state index contributed by atoms with van der Waals surface area (Å²) >= 11 is 0. The largest absolute Gasteiger partial charge is 0.459 e. The second kappa shape index (κ2) is 6.05. The number of fused-ring (bicyclic) bond motifs is 1. The Labute approximate surface area is 109 Å². The van der Waals surface area contributed by atoms with Gasteiger partial charge >= 0.3 is 0 Å². The molecule has 1 aromatic carbocycles. The van der Waals surface area contributed by atoms with E-state index >= 15 is 0 Å². The van der Waals surface area contributed by atoms with Gasteiger partial charge in [0.05, 0.1) is 6.54 Å². The maximum atomic E-state index is 5.92. The van der Waals surface area contributed by atoms with Crippen LogP contribution in [0.5, 0.6) is 0 Å². The predicted molar refractivity (Wildman–Crippen MR) is 76.9 cm³/mol. The van der Waals surface area contributed by atoms with Gasteiger partial charge in [-0.15, -0.1) is 0 Å². The monoisotopic (exact) mass is 245 g/mol. The van der Waals surface area contributed by atoms with Crippen LogP contribution in [-0.2, 0) is 13.0 Å². The molecule has 0 radical (unpaired) electrons. The van der Waals surface area contributed by atoms with Crippen LogP contribution in [0.3, 0.4) is 0 Å². The maximum absolute atomic E-state index is 5.92. The summed E-state index contributed by atoms with van der Waals surface area (Å²) in [4.78, 5) is 0. The molecule has 0 amide bonds. The van der Waals surface area contributed by atoms with Crippen LogP contribution >= 0.6 is 0 Å². The lowest BCUT2D eigenvalue weighted by atomic mass is 10.1. The highest BCUT2D eigenvalue weighted by Crippen LogP contribution is 2.26. The van der Waals surface area contributed by atoms with E-state index in [2.05, 4.69) is 44.3 Å². The van der Waals surface area contributed by atoms with Crippen molar-refractivity contribution in [1.29, 1.82) is 0 Å². The fourth-order valence-electron chi connectivity index (χ4n) is 2.31. The summed E-state index contributed by atoms with van der Waals surface area (Å²) in [5.41, 5.74) is 3.70. The van der Waals surface area contributed by atoms with Crippen molar-refractivity contribution in [3.63, 3.8) is 0 Å². The third kappa shape index (κ3) is 2.75. The highest BCUT2D eigenvalue weighted by Gasteiger charge is 2.10. The average Bonchev–Trinajstić information content (AvgIpc) is 2.68. The van der Waals surface area contributed by atoms with Gasteiger partial charge in [-0.2, -0.15) is 0 Å². The molecule has 1 aromatic heterocycles. The van der Waals surface area contributed by atoms with Gasteiger partial charge in [-0.05, 0) is 49.6 Å². The lowest BCUT2D eigenvalue weighted by Gasteiger charge is -2.00. The number of aryl methyl sites for hydroxylation is 2. The molecule has 1 heterocycles. The SMILES string of the molecule is CCCNCc1oc2ccc(CCC)cc2c1C. The van der Waals surface area contributed by atoms with Crippen LogP contribution in [0.4, 0.5) is 0 Å². The van der Waals surface area contributed by atoms with E-state index in [9.17, 15) is 0 Å². The third-order valence-electron chi connectivity index (χ3n) is 3.35. The number of nitrogens with one attached hydrogen (secondary N) is 1. The summed E-state index contributed by atoms with van der Waals surface area (Å²) in [5.74, 6) is 1.08. The molecule has 2 aromatic rings. The zero-order valence-corrected chi connectivity index (χ0v) is 11.7. The van der Waals surface area contributed by atoms with Gasteiger partial charge in [0.1, 0.15) is 11.3 Å². The number of hydrogen-bond donors (Lipinski definition) is 1.